The monoisotopic (exact) mass is 302 g/mol. The SMILES string of the molecule is Cn1nccc1[C@H]1OCC[C@@H]1NC(=O)c1cc(C2CC2)no1. The van der Waals surface area contributed by atoms with E-state index in [9.17, 15) is 4.79 Å². The number of aryl methyl sites for hydroxylation is 1. The van der Waals surface area contributed by atoms with Gasteiger partial charge in [0.2, 0.25) is 5.76 Å². The zero-order chi connectivity index (χ0) is 15.1. The van der Waals surface area contributed by atoms with Crippen molar-refractivity contribution in [3.63, 3.8) is 0 Å². The summed E-state index contributed by atoms with van der Waals surface area (Å²) in [5.74, 6) is 0.516. The van der Waals surface area contributed by atoms with Gasteiger partial charge in [-0.2, -0.15) is 5.10 Å². The molecule has 7 nitrogen and oxygen atoms in total. The van der Waals surface area contributed by atoms with Crippen LogP contribution in [0.5, 0.6) is 0 Å². The highest BCUT2D eigenvalue weighted by molar-refractivity contribution is 5.91. The van der Waals surface area contributed by atoms with Crippen molar-refractivity contribution in [2.24, 2.45) is 7.05 Å². The fourth-order valence-corrected chi connectivity index (χ4v) is 2.90. The van der Waals surface area contributed by atoms with Crippen LogP contribution in [-0.4, -0.2) is 33.5 Å². The van der Waals surface area contributed by atoms with Gasteiger partial charge in [-0.15, -0.1) is 0 Å². The fourth-order valence-electron chi connectivity index (χ4n) is 2.90. The van der Waals surface area contributed by atoms with Gasteiger partial charge in [0, 0.05) is 31.8 Å². The van der Waals surface area contributed by atoms with E-state index >= 15 is 0 Å². The molecule has 0 spiro atoms. The largest absolute Gasteiger partial charge is 0.370 e. The van der Waals surface area contributed by atoms with Crippen molar-refractivity contribution in [1.29, 1.82) is 0 Å². The molecule has 2 aromatic rings. The Balaban J connectivity index is 1.47. The third-order valence-electron chi connectivity index (χ3n) is 4.31. The van der Waals surface area contributed by atoms with Gasteiger partial charge in [-0.1, -0.05) is 5.16 Å². The first-order chi connectivity index (χ1) is 10.7. The molecule has 116 valence electrons. The third-order valence-corrected chi connectivity index (χ3v) is 4.31. The molecular formula is C15H18N4O3. The van der Waals surface area contributed by atoms with E-state index < -0.39 is 0 Å². The minimum absolute atomic E-state index is 0.0858. The summed E-state index contributed by atoms with van der Waals surface area (Å²) in [6.07, 6.45) is 4.58. The molecule has 1 amide bonds. The lowest BCUT2D eigenvalue weighted by Crippen LogP contribution is -2.37. The van der Waals surface area contributed by atoms with Gasteiger partial charge >= 0.3 is 0 Å². The number of aromatic nitrogens is 3. The van der Waals surface area contributed by atoms with Gasteiger partial charge < -0.3 is 14.6 Å². The summed E-state index contributed by atoms with van der Waals surface area (Å²) in [7, 11) is 1.87. The van der Waals surface area contributed by atoms with Gasteiger partial charge in [0.1, 0.15) is 6.10 Å². The average molecular weight is 302 g/mol. The number of ether oxygens (including phenoxy) is 1. The maximum absolute atomic E-state index is 12.3. The highest BCUT2D eigenvalue weighted by atomic mass is 16.5. The Morgan fingerprint density at radius 2 is 2.27 bits per heavy atom. The molecule has 1 N–H and O–H groups in total. The van der Waals surface area contributed by atoms with Crippen LogP contribution in [0, 0.1) is 0 Å². The number of carbonyl (C=O) groups excluding carboxylic acids is 1. The predicted octanol–water partition coefficient (Wildman–Crippen LogP) is 1.55. The zero-order valence-corrected chi connectivity index (χ0v) is 12.4. The molecule has 2 atom stereocenters. The lowest BCUT2D eigenvalue weighted by Gasteiger charge is -2.19. The first-order valence-corrected chi connectivity index (χ1v) is 7.59. The smallest absolute Gasteiger partial charge is 0.290 e. The molecule has 3 heterocycles. The van der Waals surface area contributed by atoms with E-state index in [1.165, 1.54) is 0 Å². The predicted molar refractivity (Wildman–Crippen MR) is 76.3 cm³/mol. The third kappa shape index (κ3) is 2.41. The van der Waals surface area contributed by atoms with Gasteiger partial charge in [-0.3, -0.25) is 9.48 Å². The van der Waals surface area contributed by atoms with E-state index in [2.05, 4.69) is 15.6 Å². The van der Waals surface area contributed by atoms with Crippen LogP contribution < -0.4 is 5.32 Å². The molecule has 0 unspecified atom stereocenters. The summed E-state index contributed by atoms with van der Waals surface area (Å²) in [5, 5.41) is 11.1. The van der Waals surface area contributed by atoms with E-state index in [1.807, 2.05) is 13.1 Å². The second kappa shape index (κ2) is 5.24. The number of rotatable bonds is 4. The first-order valence-electron chi connectivity index (χ1n) is 7.59. The van der Waals surface area contributed by atoms with Crippen LogP contribution in [0.2, 0.25) is 0 Å². The average Bonchev–Trinajstić information content (AvgIpc) is 2.91. The number of carbonyl (C=O) groups is 1. The number of amides is 1. The Labute approximate surface area is 127 Å². The van der Waals surface area contributed by atoms with Crippen molar-refractivity contribution in [1.82, 2.24) is 20.3 Å². The van der Waals surface area contributed by atoms with Gasteiger partial charge in [0.15, 0.2) is 0 Å². The van der Waals surface area contributed by atoms with E-state index in [0.717, 1.165) is 30.7 Å². The second-order valence-electron chi connectivity index (χ2n) is 5.93. The van der Waals surface area contributed by atoms with E-state index in [1.54, 1.807) is 16.9 Å². The molecule has 2 aromatic heterocycles. The molecule has 2 aliphatic rings. The van der Waals surface area contributed by atoms with E-state index in [-0.39, 0.29) is 23.8 Å². The first kappa shape index (κ1) is 13.5. The number of nitrogens with one attached hydrogen (secondary N) is 1. The lowest BCUT2D eigenvalue weighted by atomic mass is 10.1. The van der Waals surface area contributed by atoms with Crippen LogP contribution in [0.1, 0.15) is 53.2 Å². The molecule has 1 aliphatic heterocycles. The summed E-state index contributed by atoms with van der Waals surface area (Å²) in [6, 6.07) is 3.58. The molecule has 0 bridgehead atoms. The van der Waals surface area contributed by atoms with Crippen LogP contribution in [0.4, 0.5) is 0 Å². The number of hydrogen-bond acceptors (Lipinski definition) is 5. The van der Waals surface area contributed by atoms with Crippen molar-refractivity contribution >= 4 is 5.91 Å². The van der Waals surface area contributed by atoms with Crippen molar-refractivity contribution < 1.29 is 14.1 Å². The molecule has 7 heteroatoms. The summed E-state index contributed by atoms with van der Waals surface area (Å²) < 4.78 is 12.7. The Morgan fingerprint density at radius 3 is 3.00 bits per heavy atom. The van der Waals surface area contributed by atoms with Crippen molar-refractivity contribution in [2.75, 3.05) is 6.61 Å². The maximum atomic E-state index is 12.3. The molecule has 0 aromatic carbocycles. The normalized spacial score (nSPS) is 24.6. The van der Waals surface area contributed by atoms with Gasteiger partial charge in [-0.25, -0.2) is 0 Å². The number of hydrogen-bond donors (Lipinski definition) is 1. The van der Waals surface area contributed by atoms with E-state index in [4.69, 9.17) is 9.26 Å². The lowest BCUT2D eigenvalue weighted by molar-refractivity contribution is 0.0769. The Morgan fingerprint density at radius 1 is 1.41 bits per heavy atom. The van der Waals surface area contributed by atoms with Crippen LogP contribution in [0.25, 0.3) is 0 Å². The topological polar surface area (TPSA) is 82.2 Å². The Hall–Kier alpha value is -2.15. The standard InChI is InChI=1S/C15H18N4O3/c1-19-12(4-6-16-19)14-10(5-7-21-14)17-15(20)13-8-11(18-22-13)9-2-3-9/h4,6,8-10,14H,2-3,5,7H2,1H3,(H,17,20)/t10-,14-/m0/s1. The molecule has 1 saturated heterocycles. The Bertz CT molecular complexity index is 689. The molecular weight excluding hydrogens is 284 g/mol. The van der Waals surface area contributed by atoms with Crippen LogP contribution in [0.3, 0.4) is 0 Å². The Kier molecular flexibility index (Phi) is 3.22. The summed E-state index contributed by atoms with van der Waals surface area (Å²) in [6.45, 7) is 0.616. The summed E-state index contributed by atoms with van der Waals surface area (Å²) >= 11 is 0. The van der Waals surface area contributed by atoms with Crippen LogP contribution in [-0.2, 0) is 11.8 Å². The van der Waals surface area contributed by atoms with Crippen molar-refractivity contribution in [3.05, 3.63) is 35.5 Å². The summed E-state index contributed by atoms with van der Waals surface area (Å²) in [5.41, 5.74) is 1.84. The van der Waals surface area contributed by atoms with Crippen molar-refractivity contribution in [3.8, 4) is 0 Å². The van der Waals surface area contributed by atoms with Crippen LogP contribution >= 0.6 is 0 Å². The fraction of sp³-hybridized carbons (Fsp3) is 0.533. The van der Waals surface area contributed by atoms with Crippen LogP contribution in [0.15, 0.2) is 22.9 Å². The molecule has 1 aliphatic carbocycles. The van der Waals surface area contributed by atoms with E-state index in [0.29, 0.717) is 12.5 Å². The summed E-state index contributed by atoms with van der Waals surface area (Å²) in [4.78, 5) is 12.3. The molecule has 4 rings (SSSR count). The second-order valence-corrected chi connectivity index (χ2v) is 5.93. The molecule has 0 radical (unpaired) electrons. The van der Waals surface area contributed by atoms with Gasteiger partial charge in [0.05, 0.1) is 17.4 Å². The minimum atomic E-state index is -0.234. The van der Waals surface area contributed by atoms with Crippen molar-refractivity contribution in [2.45, 2.75) is 37.3 Å². The highest BCUT2D eigenvalue weighted by Crippen LogP contribution is 2.39. The van der Waals surface area contributed by atoms with Gasteiger partial charge in [-0.05, 0) is 25.3 Å². The highest BCUT2D eigenvalue weighted by Gasteiger charge is 2.34. The minimum Gasteiger partial charge on any atom is -0.370 e. The molecule has 2 fully saturated rings. The quantitative estimate of drug-likeness (QED) is 0.926. The molecule has 22 heavy (non-hydrogen) atoms. The molecule has 1 saturated carbocycles. The zero-order valence-electron chi connectivity index (χ0n) is 12.4. The van der Waals surface area contributed by atoms with Gasteiger partial charge in [0.25, 0.3) is 5.91 Å². The number of nitrogens with zero attached hydrogens (tertiary/aromatic N) is 3. The maximum Gasteiger partial charge on any atom is 0.290 e.